The van der Waals surface area contributed by atoms with E-state index in [9.17, 15) is 8.78 Å². The molecule has 0 unspecified atom stereocenters. The maximum absolute atomic E-state index is 11.4. The molecule has 0 aromatic rings. The molecular formula is C5H11F2N. The predicted molar refractivity (Wildman–Crippen MR) is 28.9 cm³/mol. The molecule has 0 saturated carbocycles. The van der Waals surface area contributed by atoms with E-state index in [4.69, 9.17) is 5.73 Å². The molecule has 0 saturated heterocycles. The minimum atomic E-state index is -2.25. The first-order valence-corrected chi connectivity index (χ1v) is 2.70. The van der Waals surface area contributed by atoms with Crippen LogP contribution in [0.4, 0.5) is 8.78 Å². The van der Waals surface area contributed by atoms with E-state index in [0.717, 1.165) is 0 Å². The quantitative estimate of drug-likeness (QED) is 0.602. The molecule has 0 aromatic carbocycles. The summed E-state index contributed by atoms with van der Waals surface area (Å²) < 4.78 is 22.8. The minimum Gasteiger partial charge on any atom is -0.328 e. The largest absolute Gasteiger partial charge is 0.328 e. The van der Waals surface area contributed by atoms with Crippen LogP contribution in [0, 0.1) is 0 Å². The summed E-state index contributed by atoms with van der Waals surface area (Å²) in [7, 11) is 0. The average molecular weight is 123 g/mol. The maximum atomic E-state index is 11.4. The Labute approximate surface area is 47.9 Å². The van der Waals surface area contributed by atoms with Gasteiger partial charge in [-0.2, -0.15) is 0 Å². The molecule has 8 heavy (non-hydrogen) atoms. The van der Waals surface area contributed by atoms with E-state index in [1.807, 2.05) is 0 Å². The molecule has 1 nitrogen and oxygen atoms in total. The van der Waals surface area contributed by atoms with Crippen LogP contribution in [0.5, 0.6) is 0 Å². The first-order valence-electron chi connectivity index (χ1n) is 2.70. The van der Waals surface area contributed by atoms with Gasteiger partial charge in [0.1, 0.15) is 0 Å². The van der Waals surface area contributed by atoms with E-state index in [1.54, 1.807) is 6.92 Å². The zero-order chi connectivity index (χ0) is 6.57. The third kappa shape index (κ3) is 3.99. The lowest BCUT2D eigenvalue weighted by atomic mass is 10.2. The molecule has 0 aliphatic rings. The summed E-state index contributed by atoms with van der Waals surface area (Å²) in [6.45, 7) is 1.80. The van der Waals surface area contributed by atoms with Crippen molar-refractivity contribution < 1.29 is 8.78 Å². The summed E-state index contributed by atoms with van der Waals surface area (Å²) >= 11 is 0. The Balaban J connectivity index is 3.10. The molecule has 50 valence electrons. The Morgan fingerprint density at radius 1 is 1.50 bits per heavy atom. The number of hydrogen-bond donors (Lipinski definition) is 1. The molecule has 1 atom stereocenters. The lowest BCUT2D eigenvalue weighted by Gasteiger charge is -2.05. The van der Waals surface area contributed by atoms with Crippen LogP contribution in [-0.4, -0.2) is 12.5 Å². The smallest absolute Gasteiger partial charge is 0.240 e. The van der Waals surface area contributed by atoms with E-state index in [1.165, 1.54) is 0 Å². The molecule has 0 radical (unpaired) electrons. The van der Waals surface area contributed by atoms with Gasteiger partial charge in [0.25, 0.3) is 0 Å². The summed E-state index contributed by atoms with van der Waals surface area (Å²) in [4.78, 5) is 0. The molecule has 2 N–H and O–H groups in total. The number of halogens is 2. The summed E-state index contributed by atoms with van der Waals surface area (Å²) in [6, 6.07) is -0.324. The Bertz CT molecular complexity index is 56.4. The van der Waals surface area contributed by atoms with Crippen molar-refractivity contribution in [3.05, 3.63) is 0 Å². The molecule has 0 fully saturated rings. The highest BCUT2D eigenvalue weighted by Gasteiger charge is 2.07. The van der Waals surface area contributed by atoms with Gasteiger partial charge in [0.2, 0.25) is 6.43 Å². The van der Waals surface area contributed by atoms with Gasteiger partial charge < -0.3 is 5.73 Å². The van der Waals surface area contributed by atoms with Crippen molar-refractivity contribution in [2.24, 2.45) is 5.73 Å². The van der Waals surface area contributed by atoms with Crippen molar-refractivity contribution in [2.45, 2.75) is 32.2 Å². The first-order chi connectivity index (χ1) is 3.66. The summed E-state index contributed by atoms with van der Waals surface area (Å²) in [5.74, 6) is 0. The fourth-order valence-electron chi connectivity index (χ4n) is 0.396. The van der Waals surface area contributed by atoms with E-state index < -0.39 is 6.43 Å². The predicted octanol–water partition coefficient (Wildman–Crippen LogP) is 1.38. The normalized spacial score (nSPS) is 14.6. The molecule has 3 heteroatoms. The first kappa shape index (κ1) is 7.82. The standard InChI is InChI=1S/C5H11F2N/c1-2-4(8)3-5(6)7/h4-5H,2-3,8H2,1H3/t4-/m1/s1. The zero-order valence-electron chi connectivity index (χ0n) is 4.90. The SMILES string of the molecule is CC[C@@H](N)CC(F)F. The molecule has 0 amide bonds. The average Bonchev–Trinajstić information content (AvgIpc) is 1.65. The number of hydrogen-bond acceptors (Lipinski definition) is 1. The van der Waals surface area contributed by atoms with Crippen LogP contribution in [0.3, 0.4) is 0 Å². The fourth-order valence-corrected chi connectivity index (χ4v) is 0.396. The third-order valence-electron chi connectivity index (χ3n) is 1.01. The van der Waals surface area contributed by atoms with Crippen molar-refractivity contribution in [1.29, 1.82) is 0 Å². The molecule has 0 aliphatic carbocycles. The van der Waals surface area contributed by atoms with E-state index in [0.29, 0.717) is 6.42 Å². The van der Waals surface area contributed by atoms with Gasteiger partial charge in [0.05, 0.1) is 0 Å². The van der Waals surface area contributed by atoms with Crippen LogP contribution in [0.15, 0.2) is 0 Å². The topological polar surface area (TPSA) is 26.0 Å². The molecule has 0 spiro atoms. The van der Waals surface area contributed by atoms with Crippen LogP contribution in [0.1, 0.15) is 19.8 Å². The fraction of sp³-hybridized carbons (Fsp3) is 1.00. The second-order valence-electron chi connectivity index (χ2n) is 1.80. The number of rotatable bonds is 3. The van der Waals surface area contributed by atoms with Crippen molar-refractivity contribution in [3.63, 3.8) is 0 Å². The summed E-state index contributed by atoms with van der Waals surface area (Å²) in [5.41, 5.74) is 5.19. The third-order valence-corrected chi connectivity index (χ3v) is 1.01. The zero-order valence-corrected chi connectivity index (χ0v) is 4.90. The molecule has 0 aromatic heterocycles. The minimum absolute atomic E-state index is 0.170. The van der Waals surface area contributed by atoms with Gasteiger partial charge in [-0.15, -0.1) is 0 Å². The Morgan fingerprint density at radius 2 is 2.00 bits per heavy atom. The molecule has 0 aliphatic heterocycles. The highest BCUT2D eigenvalue weighted by molar-refractivity contribution is 4.58. The second kappa shape index (κ2) is 3.78. The van der Waals surface area contributed by atoms with E-state index in [2.05, 4.69) is 0 Å². The van der Waals surface area contributed by atoms with Gasteiger partial charge in [0.15, 0.2) is 0 Å². The highest BCUT2D eigenvalue weighted by atomic mass is 19.3. The second-order valence-corrected chi connectivity index (χ2v) is 1.80. The van der Waals surface area contributed by atoms with Crippen LogP contribution in [0.2, 0.25) is 0 Å². The van der Waals surface area contributed by atoms with Gasteiger partial charge in [-0.05, 0) is 6.42 Å². The van der Waals surface area contributed by atoms with Crippen molar-refractivity contribution in [2.75, 3.05) is 0 Å². The van der Waals surface area contributed by atoms with Gasteiger partial charge >= 0.3 is 0 Å². The van der Waals surface area contributed by atoms with Gasteiger partial charge in [0, 0.05) is 12.5 Å². The molecule has 0 heterocycles. The monoisotopic (exact) mass is 123 g/mol. The highest BCUT2D eigenvalue weighted by Crippen LogP contribution is 2.03. The van der Waals surface area contributed by atoms with Gasteiger partial charge in [-0.1, -0.05) is 6.92 Å². The van der Waals surface area contributed by atoms with Crippen LogP contribution >= 0.6 is 0 Å². The number of nitrogens with two attached hydrogens (primary N) is 1. The van der Waals surface area contributed by atoms with Crippen LogP contribution in [-0.2, 0) is 0 Å². The van der Waals surface area contributed by atoms with Crippen molar-refractivity contribution in [3.8, 4) is 0 Å². The Hall–Kier alpha value is -0.180. The lowest BCUT2D eigenvalue weighted by molar-refractivity contribution is 0.127. The molecular weight excluding hydrogens is 112 g/mol. The van der Waals surface area contributed by atoms with E-state index in [-0.39, 0.29) is 12.5 Å². The molecule has 0 rings (SSSR count). The maximum Gasteiger partial charge on any atom is 0.240 e. The van der Waals surface area contributed by atoms with Gasteiger partial charge in [-0.3, -0.25) is 0 Å². The number of alkyl halides is 2. The van der Waals surface area contributed by atoms with Crippen LogP contribution in [0.25, 0.3) is 0 Å². The van der Waals surface area contributed by atoms with Crippen molar-refractivity contribution in [1.82, 2.24) is 0 Å². The summed E-state index contributed by atoms with van der Waals surface area (Å²) in [6.07, 6.45) is -1.79. The molecule has 0 bridgehead atoms. The Kier molecular flexibility index (Phi) is 3.69. The van der Waals surface area contributed by atoms with Crippen LogP contribution < -0.4 is 5.73 Å². The van der Waals surface area contributed by atoms with E-state index >= 15 is 0 Å². The van der Waals surface area contributed by atoms with Gasteiger partial charge in [-0.25, -0.2) is 8.78 Å². The summed E-state index contributed by atoms with van der Waals surface area (Å²) in [5, 5.41) is 0. The Morgan fingerprint density at radius 3 is 2.12 bits per heavy atom. The van der Waals surface area contributed by atoms with Crippen molar-refractivity contribution >= 4 is 0 Å². The lowest BCUT2D eigenvalue weighted by Crippen LogP contribution is -2.21.